The highest BCUT2D eigenvalue weighted by atomic mass is 16.5. The quantitative estimate of drug-likeness (QED) is 0.642. The first-order valence-corrected chi connectivity index (χ1v) is 6.82. The maximum absolute atomic E-state index is 12.5. The van der Waals surface area contributed by atoms with Gasteiger partial charge in [0.2, 0.25) is 0 Å². The third kappa shape index (κ3) is 2.24. The number of rotatable bonds is 3. The second-order valence-electron chi connectivity index (χ2n) is 4.87. The summed E-state index contributed by atoms with van der Waals surface area (Å²) in [5.74, 6) is -1.18. The van der Waals surface area contributed by atoms with E-state index < -0.39 is 17.8 Å². The Morgan fingerprint density at radius 1 is 0.957 bits per heavy atom. The predicted molar refractivity (Wildman–Crippen MR) is 81.9 cm³/mol. The van der Waals surface area contributed by atoms with Gasteiger partial charge in [0, 0.05) is 0 Å². The molecule has 0 radical (unpaired) electrons. The van der Waals surface area contributed by atoms with Crippen molar-refractivity contribution < 1.29 is 23.9 Å². The van der Waals surface area contributed by atoms with E-state index in [2.05, 4.69) is 0 Å². The Morgan fingerprint density at radius 3 is 2.09 bits per heavy atom. The van der Waals surface area contributed by atoms with Crippen LogP contribution in [0.3, 0.4) is 0 Å². The molecule has 116 valence electrons. The molecule has 1 aliphatic heterocycles. The minimum atomic E-state index is -0.657. The Kier molecular flexibility index (Phi) is 3.57. The lowest BCUT2D eigenvalue weighted by molar-refractivity contribution is 0.0601. The first-order valence-electron chi connectivity index (χ1n) is 6.82. The molecule has 1 heterocycles. The average Bonchev–Trinajstić information content (AvgIpc) is 2.85. The lowest BCUT2D eigenvalue weighted by Crippen LogP contribution is -2.31. The second kappa shape index (κ2) is 5.57. The molecule has 0 saturated carbocycles. The second-order valence-corrected chi connectivity index (χ2v) is 4.87. The summed E-state index contributed by atoms with van der Waals surface area (Å²) in [5, 5.41) is 0. The van der Waals surface area contributed by atoms with Crippen molar-refractivity contribution in [1.29, 1.82) is 0 Å². The molecule has 1 aliphatic rings. The Balaban J connectivity index is 2.15. The average molecular weight is 311 g/mol. The van der Waals surface area contributed by atoms with Crippen molar-refractivity contribution >= 4 is 23.5 Å². The lowest BCUT2D eigenvalue weighted by atomic mass is 10.1. The highest BCUT2D eigenvalue weighted by molar-refractivity contribution is 6.35. The van der Waals surface area contributed by atoms with Gasteiger partial charge in [0.05, 0.1) is 36.6 Å². The van der Waals surface area contributed by atoms with Crippen molar-refractivity contribution in [3.63, 3.8) is 0 Å². The zero-order valence-electron chi connectivity index (χ0n) is 12.5. The number of amides is 2. The van der Waals surface area contributed by atoms with E-state index in [1.165, 1.54) is 26.4 Å². The zero-order chi connectivity index (χ0) is 16.6. The lowest BCUT2D eigenvalue weighted by Gasteiger charge is -2.17. The molecule has 3 rings (SSSR count). The molecular formula is C17H13NO5. The molecule has 2 aromatic carbocycles. The molecule has 6 heteroatoms. The van der Waals surface area contributed by atoms with E-state index in [-0.39, 0.29) is 11.3 Å². The van der Waals surface area contributed by atoms with Gasteiger partial charge in [0.25, 0.3) is 11.8 Å². The van der Waals surface area contributed by atoms with Crippen LogP contribution >= 0.6 is 0 Å². The van der Waals surface area contributed by atoms with Gasteiger partial charge < -0.3 is 9.47 Å². The molecule has 0 spiro atoms. The van der Waals surface area contributed by atoms with E-state index >= 15 is 0 Å². The number of nitrogens with zero attached hydrogens (tertiary/aromatic N) is 1. The molecule has 0 unspecified atom stereocenters. The Hall–Kier alpha value is -3.15. The standard InChI is InChI=1S/C17H13NO5/c1-22-10-7-8-14(13(9-10)17(21)23-2)18-15(19)11-5-3-4-6-12(11)16(18)20/h3-9H,1-2H3. The number of hydrogen-bond donors (Lipinski definition) is 0. The molecule has 6 nitrogen and oxygen atoms in total. The molecule has 0 aliphatic carbocycles. The number of esters is 1. The summed E-state index contributed by atoms with van der Waals surface area (Å²) in [6.45, 7) is 0. The predicted octanol–water partition coefficient (Wildman–Crippen LogP) is 2.28. The topological polar surface area (TPSA) is 72.9 Å². The highest BCUT2D eigenvalue weighted by Gasteiger charge is 2.38. The van der Waals surface area contributed by atoms with Crippen molar-refractivity contribution in [2.45, 2.75) is 0 Å². The van der Waals surface area contributed by atoms with Crippen LogP contribution in [0.25, 0.3) is 0 Å². The van der Waals surface area contributed by atoms with Gasteiger partial charge in [-0.15, -0.1) is 0 Å². The molecular weight excluding hydrogens is 298 g/mol. The Labute approximate surface area is 132 Å². The highest BCUT2D eigenvalue weighted by Crippen LogP contribution is 2.33. The smallest absolute Gasteiger partial charge is 0.340 e. The van der Waals surface area contributed by atoms with E-state index in [1.807, 2.05) is 0 Å². The van der Waals surface area contributed by atoms with Gasteiger partial charge in [-0.1, -0.05) is 12.1 Å². The first-order chi connectivity index (χ1) is 11.1. The number of anilines is 1. The van der Waals surface area contributed by atoms with Gasteiger partial charge in [-0.2, -0.15) is 0 Å². The summed E-state index contributed by atoms with van der Waals surface area (Å²) < 4.78 is 9.83. The molecule has 0 N–H and O–H groups in total. The number of ether oxygens (including phenoxy) is 2. The van der Waals surface area contributed by atoms with Gasteiger partial charge in [-0.3, -0.25) is 9.59 Å². The van der Waals surface area contributed by atoms with Crippen LogP contribution in [-0.4, -0.2) is 32.0 Å². The summed E-state index contributed by atoms with van der Waals surface area (Å²) in [7, 11) is 2.69. The number of carbonyl (C=O) groups excluding carboxylic acids is 3. The van der Waals surface area contributed by atoms with Gasteiger partial charge in [-0.05, 0) is 30.3 Å². The van der Waals surface area contributed by atoms with Gasteiger partial charge in [0.1, 0.15) is 5.75 Å². The van der Waals surface area contributed by atoms with Crippen molar-refractivity contribution in [2.75, 3.05) is 19.1 Å². The molecule has 2 amide bonds. The number of fused-ring (bicyclic) bond motifs is 1. The fourth-order valence-corrected chi connectivity index (χ4v) is 2.52. The normalized spacial score (nSPS) is 13.0. The Morgan fingerprint density at radius 2 is 1.57 bits per heavy atom. The van der Waals surface area contributed by atoms with Crippen LogP contribution in [0.1, 0.15) is 31.1 Å². The number of carbonyl (C=O) groups is 3. The third-order valence-corrected chi connectivity index (χ3v) is 3.64. The Bertz CT molecular complexity index is 792. The van der Waals surface area contributed by atoms with Crippen molar-refractivity contribution in [3.05, 3.63) is 59.2 Å². The third-order valence-electron chi connectivity index (χ3n) is 3.64. The molecule has 0 bridgehead atoms. The maximum atomic E-state index is 12.5. The summed E-state index contributed by atoms with van der Waals surface area (Å²) in [4.78, 5) is 38.1. The minimum absolute atomic E-state index is 0.0846. The molecule has 23 heavy (non-hydrogen) atoms. The van der Waals surface area contributed by atoms with E-state index in [4.69, 9.17) is 9.47 Å². The van der Waals surface area contributed by atoms with E-state index in [9.17, 15) is 14.4 Å². The van der Waals surface area contributed by atoms with Gasteiger partial charge >= 0.3 is 5.97 Å². The molecule has 0 fully saturated rings. The van der Waals surface area contributed by atoms with Crippen LogP contribution in [-0.2, 0) is 4.74 Å². The van der Waals surface area contributed by atoms with Crippen LogP contribution in [0.4, 0.5) is 5.69 Å². The summed E-state index contributed by atoms with van der Waals surface area (Å²) in [5.41, 5.74) is 0.874. The van der Waals surface area contributed by atoms with Crippen LogP contribution in [0, 0.1) is 0 Å². The van der Waals surface area contributed by atoms with E-state index in [1.54, 1.807) is 30.3 Å². The van der Waals surface area contributed by atoms with E-state index in [0.717, 1.165) is 4.90 Å². The monoisotopic (exact) mass is 311 g/mol. The minimum Gasteiger partial charge on any atom is -0.497 e. The van der Waals surface area contributed by atoms with Crippen LogP contribution in [0.5, 0.6) is 5.75 Å². The van der Waals surface area contributed by atoms with Crippen molar-refractivity contribution in [1.82, 2.24) is 0 Å². The number of benzene rings is 2. The molecule has 0 saturated heterocycles. The van der Waals surface area contributed by atoms with Crippen LogP contribution in [0.2, 0.25) is 0 Å². The summed E-state index contributed by atoms with van der Waals surface area (Å²) in [6.07, 6.45) is 0. The zero-order valence-corrected chi connectivity index (χ0v) is 12.5. The molecule has 2 aromatic rings. The molecule has 0 aromatic heterocycles. The largest absolute Gasteiger partial charge is 0.497 e. The first kappa shape index (κ1) is 14.8. The van der Waals surface area contributed by atoms with Crippen molar-refractivity contribution in [3.8, 4) is 5.75 Å². The number of methoxy groups -OCH3 is 2. The summed E-state index contributed by atoms with van der Waals surface area (Å²) in [6, 6.07) is 11.0. The number of imide groups is 1. The SMILES string of the molecule is COC(=O)c1cc(OC)ccc1N1C(=O)c2ccccc2C1=O. The molecule has 0 atom stereocenters. The van der Waals surface area contributed by atoms with Crippen LogP contribution in [0.15, 0.2) is 42.5 Å². The van der Waals surface area contributed by atoms with E-state index in [0.29, 0.717) is 16.9 Å². The maximum Gasteiger partial charge on any atom is 0.340 e. The van der Waals surface area contributed by atoms with Gasteiger partial charge in [-0.25, -0.2) is 9.69 Å². The number of hydrogen-bond acceptors (Lipinski definition) is 5. The van der Waals surface area contributed by atoms with Gasteiger partial charge in [0.15, 0.2) is 0 Å². The van der Waals surface area contributed by atoms with Crippen LogP contribution < -0.4 is 9.64 Å². The van der Waals surface area contributed by atoms with Crippen molar-refractivity contribution in [2.24, 2.45) is 0 Å². The summed E-state index contributed by atoms with van der Waals surface area (Å²) >= 11 is 0. The fraction of sp³-hybridized carbons (Fsp3) is 0.118. The fourth-order valence-electron chi connectivity index (χ4n) is 2.52.